The Labute approximate surface area is 82.6 Å². The molecular formula is C9H11N5. The van der Waals surface area contributed by atoms with Gasteiger partial charge < -0.3 is 0 Å². The second-order valence-electron chi connectivity index (χ2n) is 3.41. The Hall–Kier alpha value is -1.88. The fourth-order valence-corrected chi connectivity index (χ4v) is 1.20. The molecule has 0 saturated carbocycles. The van der Waals surface area contributed by atoms with Gasteiger partial charge in [-0.05, 0) is 12.3 Å². The monoisotopic (exact) mass is 189 g/mol. The van der Waals surface area contributed by atoms with Crippen LogP contribution in [-0.2, 0) is 13.0 Å². The zero-order valence-electron chi connectivity index (χ0n) is 8.23. The van der Waals surface area contributed by atoms with E-state index in [1.807, 2.05) is 26.0 Å². The third kappa shape index (κ3) is 2.08. The number of rotatable bonds is 3. The summed E-state index contributed by atoms with van der Waals surface area (Å²) in [6.07, 6.45) is 0.720. The molecule has 0 unspecified atom stereocenters. The second kappa shape index (κ2) is 4.38. The number of nitrogens with zero attached hydrogens (tertiary/aromatic N) is 5. The van der Waals surface area contributed by atoms with Gasteiger partial charge in [-0.15, -0.1) is 5.10 Å². The first-order valence-corrected chi connectivity index (χ1v) is 4.38. The summed E-state index contributed by atoms with van der Waals surface area (Å²) in [6.45, 7) is 4.24. The molecule has 0 aliphatic rings. The minimum atomic E-state index is 0.150. The Morgan fingerprint density at radius 2 is 2.14 bits per heavy atom. The summed E-state index contributed by atoms with van der Waals surface area (Å²) in [6, 6.07) is 3.96. The van der Waals surface area contributed by atoms with Gasteiger partial charge in [0, 0.05) is 0 Å². The van der Waals surface area contributed by atoms with Gasteiger partial charge in [-0.3, -0.25) is 0 Å². The van der Waals surface area contributed by atoms with Gasteiger partial charge in [0.25, 0.3) is 0 Å². The molecule has 0 spiro atoms. The molecule has 1 heterocycles. The van der Waals surface area contributed by atoms with Crippen molar-refractivity contribution < 1.29 is 0 Å². The molecule has 5 nitrogen and oxygen atoms in total. The molecule has 5 heteroatoms. The molecule has 1 aromatic heterocycles. The first-order chi connectivity index (χ1) is 6.69. The average Bonchev–Trinajstić information content (AvgIpc) is 2.48. The predicted molar refractivity (Wildman–Crippen MR) is 48.9 cm³/mol. The highest BCUT2D eigenvalue weighted by Crippen LogP contribution is 2.10. The van der Waals surface area contributed by atoms with E-state index in [1.54, 1.807) is 0 Å². The first-order valence-electron chi connectivity index (χ1n) is 4.38. The first kappa shape index (κ1) is 10.2. The average molecular weight is 189 g/mol. The zero-order chi connectivity index (χ0) is 10.6. The van der Waals surface area contributed by atoms with Crippen molar-refractivity contribution in [2.45, 2.75) is 26.8 Å². The summed E-state index contributed by atoms with van der Waals surface area (Å²) >= 11 is 0. The minimum absolute atomic E-state index is 0.150. The third-order valence-electron chi connectivity index (χ3n) is 1.77. The van der Waals surface area contributed by atoms with E-state index in [0.717, 1.165) is 12.1 Å². The summed E-state index contributed by atoms with van der Waals surface area (Å²) in [5, 5.41) is 24.8. The Kier molecular flexibility index (Phi) is 3.19. The second-order valence-corrected chi connectivity index (χ2v) is 3.41. The smallest absolute Gasteiger partial charge is 0.185 e. The van der Waals surface area contributed by atoms with Crippen molar-refractivity contribution in [3.63, 3.8) is 0 Å². The molecule has 0 aromatic carbocycles. The molecule has 0 radical (unpaired) electrons. The van der Waals surface area contributed by atoms with E-state index in [-0.39, 0.29) is 6.54 Å². The normalized spacial score (nSPS) is 9.79. The molecule has 0 fully saturated rings. The van der Waals surface area contributed by atoms with Crippen molar-refractivity contribution in [1.29, 1.82) is 10.5 Å². The molecule has 0 atom stereocenters. The number of hydrogen-bond acceptors (Lipinski definition) is 4. The van der Waals surface area contributed by atoms with Crippen molar-refractivity contribution in [2.24, 2.45) is 5.92 Å². The predicted octanol–water partition coefficient (Wildman–Crippen LogP) is 0.872. The molecule has 14 heavy (non-hydrogen) atoms. The van der Waals surface area contributed by atoms with Gasteiger partial charge in [0.05, 0.1) is 11.8 Å². The number of hydrogen-bond donors (Lipinski definition) is 0. The van der Waals surface area contributed by atoms with Gasteiger partial charge in [-0.25, -0.2) is 4.68 Å². The van der Waals surface area contributed by atoms with Crippen LogP contribution in [0, 0.1) is 28.6 Å². The summed E-state index contributed by atoms with van der Waals surface area (Å²) < 4.78 is 1.48. The maximum absolute atomic E-state index is 8.76. The van der Waals surface area contributed by atoms with Crippen molar-refractivity contribution in [3.8, 4) is 12.1 Å². The van der Waals surface area contributed by atoms with E-state index >= 15 is 0 Å². The van der Waals surface area contributed by atoms with Crippen molar-refractivity contribution in [3.05, 3.63) is 11.4 Å². The molecule has 1 aromatic rings. The van der Waals surface area contributed by atoms with Crippen LogP contribution in [0.4, 0.5) is 0 Å². The highest BCUT2D eigenvalue weighted by Gasteiger charge is 2.13. The topological polar surface area (TPSA) is 78.3 Å². The maximum atomic E-state index is 8.76. The fraction of sp³-hybridized carbons (Fsp3) is 0.556. The highest BCUT2D eigenvalue weighted by atomic mass is 15.4. The SMILES string of the molecule is CC(C)Cc1c(C#N)nnn1CC#N. The van der Waals surface area contributed by atoms with Crippen molar-refractivity contribution in [2.75, 3.05) is 0 Å². The highest BCUT2D eigenvalue weighted by molar-refractivity contribution is 5.25. The molecule has 0 aliphatic carbocycles. The van der Waals surface area contributed by atoms with Crippen LogP contribution in [0.1, 0.15) is 25.2 Å². The van der Waals surface area contributed by atoms with Crippen LogP contribution >= 0.6 is 0 Å². The zero-order valence-corrected chi connectivity index (χ0v) is 8.23. The van der Waals surface area contributed by atoms with Gasteiger partial charge in [0.1, 0.15) is 12.6 Å². The number of aromatic nitrogens is 3. The van der Waals surface area contributed by atoms with E-state index in [1.165, 1.54) is 4.68 Å². The lowest BCUT2D eigenvalue weighted by atomic mass is 10.1. The van der Waals surface area contributed by atoms with E-state index in [2.05, 4.69) is 10.3 Å². The van der Waals surface area contributed by atoms with Crippen molar-refractivity contribution >= 4 is 0 Å². The Morgan fingerprint density at radius 3 is 2.64 bits per heavy atom. The maximum Gasteiger partial charge on any atom is 0.185 e. The molecule has 0 aliphatic heterocycles. The standard InChI is InChI=1S/C9H11N5/c1-7(2)5-9-8(6-11)12-13-14(9)4-3-10/h7H,4-5H2,1-2H3. The number of nitriles is 2. The van der Waals surface area contributed by atoms with Crippen LogP contribution in [0.3, 0.4) is 0 Å². The van der Waals surface area contributed by atoms with Crippen LogP contribution in [0.25, 0.3) is 0 Å². The Balaban J connectivity index is 3.02. The van der Waals surface area contributed by atoms with Gasteiger partial charge in [0.15, 0.2) is 5.69 Å². The lowest BCUT2D eigenvalue weighted by Gasteiger charge is -2.04. The van der Waals surface area contributed by atoms with E-state index < -0.39 is 0 Å². The Bertz CT molecular complexity index is 390. The van der Waals surface area contributed by atoms with Crippen LogP contribution in [0.15, 0.2) is 0 Å². The molecular weight excluding hydrogens is 178 g/mol. The molecule has 0 N–H and O–H groups in total. The molecule has 0 bridgehead atoms. The summed E-state index contributed by atoms with van der Waals surface area (Å²) in [4.78, 5) is 0. The molecule has 1 rings (SSSR count). The van der Waals surface area contributed by atoms with E-state index in [0.29, 0.717) is 11.6 Å². The molecule has 0 amide bonds. The summed E-state index contributed by atoms with van der Waals surface area (Å²) in [5.41, 5.74) is 1.08. The Morgan fingerprint density at radius 1 is 1.43 bits per heavy atom. The van der Waals surface area contributed by atoms with Crippen LogP contribution in [-0.4, -0.2) is 15.0 Å². The largest absolute Gasteiger partial charge is 0.234 e. The van der Waals surface area contributed by atoms with Gasteiger partial charge in [-0.1, -0.05) is 19.1 Å². The van der Waals surface area contributed by atoms with Gasteiger partial charge >= 0.3 is 0 Å². The van der Waals surface area contributed by atoms with Gasteiger partial charge in [-0.2, -0.15) is 10.5 Å². The van der Waals surface area contributed by atoms with Crippen LogP contribution in [0.2, 0.25) is 0 Å². The quantitative estimate of drug-likeness (QED) is 0.706. The third-order valence-corrected chi connectivity index (χ3v) is 1.77. The van der Waals surface area contributed by atoms with Crippen LogP contribution in [0.5, 0.6) is 0 Å². The van der Waals surface area contributed by atoms with Crippen LogP contribution < -0.4 is 0 Å². The van der Waals surface area contributed by atoms with Crippen molar-refractivity contribution in [1.82, 2.24) is 15.0 Å². The molecule has 72 valence electrons. The summed E-state index contributed by atoms with van der Waals surface area (Å²) in [5.74, 6) is 0.415. The van der Waals surface area contributed by atoms with E-state index in [4.69, 9.17) is 10.5 Å². The minimum Gasteiger partial charge on any atom is -0.234 e. The summed E-state index contributed by atoms with van der Waals surface area (Å²) in [7, 11) is 0. The lowest BCUT2D eigenvalue weighted by Crippen LogP contribution is -2.07. The van der Waals surface area contributed by atoms with Gasteiger partial charge in [0.2, 0.25) is 0 Å². The fourth-order valence-electron chi connectivity index (χ4n) is 1.20. The molecule has 0 saturated heterocycles. The van der Waals surface area contributed by atoms with E-state index in [9.17, 15) is 0 Å². The lowest BCUT2D eigenvalue weighted by molar-refractivity contribution is 0.572.